The standard InChI is InChI=1S/C13H15N3O2S/c1-3-18-11-6-4-5-10(12(11)17-2)9-15-16-13-14-7-8-19-13/h4-9H,3H2,1-2H3,(H,14,16)/b15-9-. The molecular weight excluding hydrogens is 262 g/mol. The molecule has 0 aliphatic rings. The summed E-state index contributed by atoms with van der Waals surface area (Å²) in [5.41, 5.74) is 3.70. The van der Waals surface area contributed by atoms with Gasteiger partial charge < -0.3 is 9.47 Å². The van der Waals surface area contributed by atoms with Crippen LogP contribution in [0.4, 0.5) is 5.13 Å². The van der Waals surface area contributed by atoms with Crippen molar-refractivity contribution in [1.82, 2.24) is 4.98 Å². The summed E-state index contributed by atoms with van der Waals surface area (Å²) in [5.74, 6) is 1.39. The number of ether oxygens (including phenoxy) is 2. The van der Waals surface area contributed by atoms with E-state index in [1.165, 1.54) is 11.3 Å². The van der Waals surface area contributed by atoms with Crippen LogP contribution < -0.4 is 14.9 Å². The summed E-state index contributed by atoms with van der Waals surface area (Å²) < 4.78 is 10.9. The Morgan fingerprint density at radius 3 is 3.05 bits per heavy atom. The van der Waals surface area contributed by atoms with Gasteiger partial charge in [-0.15, -0.1) is 11.3 Å². The molecule has 0 atom stereocenters. The maximum atomic E-state index is 5.50. The number of hydrogen-bond acceptors (Lipinski definition) is 6. The van der Waals surface area contributed by atoms with Crippen LogP contribution in [0.25, 0.3) is 0 Å². The number of hydrazone groups is 1. The van der Waals surface area contributed by atoms with Gasteiger partial charge in [0.15, 0.2) is 11.5 Å². The highest BCUT2D eigenvalue weighted by Gasteiger charge is 2.07. The zero-order chi connectivity index (χ0) is 13.5. The Balaban J connectivity index is 2.14. The molecule has 6 heteroatoms. The Hall–Kier alpha value is -2.08. The topological polar surface area (TPSA) is 55.7 Å². The second-order valence-electron chi connectivity index (χ2n) is 3.52. The highest BCUT2D eigenvalue weighted by atomic mass is 32.1. The Morgan fingerprint density at radius 1 is 1.47 bits per heavy atom. The molecular formula is C13H15N3O2S. The molecule has 0 spiro atoms. The van der Waals surface area contributed by atoms with Gasteiger partial charge in [0, 0.05) is 17.1 Å². The van der Waals surface area contributed by atoms with E-state index in [-0.39, 0.29) is 0 Å². The predicted octanol–water partition coefficient (Wildman–Crippen LogP) is 3.00. The number of rotatable bonds is 6. The maximum absolute atomic E-state index is 5.50. The summed E-state index contributed by atoms with van der Waals surface area (Å²) in [5, 5.41) is 6.76. The third-order valence-electron chi connectivity index (χ3n) is 2.31. The summed E-state index contributed by atoms with van der Waals surface area (Å²) in [6.07, 6.45) is 3.40. The van der Waals surface area contributed by atoms with E-state index in [4.69, 9.17) is 9.47 Å². The number of aromatic nitrogens is 1. The first-order chi connectivity index (χ1) is 9.35. The number of thiazole rings is 1. The summed E-state index contributed by atoms with van der Waals surface area (Å²) >= 11 is 1.49. The molecule has 0 aliphatic heterocycles. The summed E-state index contributed by atoms with van der Waals surface area (Å²) in [6, 6.07) is 5.68. The van der Waals surface area contributed by atoms with E-state index in [1.807, 2.05) is 30.5 Å². The first kappa shape index (κ1) is 13.4. The lowest BCUT2D eigenvalue weighted by atomic mass is 10.2. The van der Waals surface area contributed by atoms with E-state index in [0.29, 0.717) is 18.1 Å². The Kier molecular flexibility index (Phi) is 4.74. The molecule has 2 aromatic rings. The lowest BCUT2D eigenvalue weighted by Gasteiger charge is -2.10. The number of para-hydroxylation sites is 1. The highest BCUT2D eigenvalue weighted by molar-refractivity contribution is 7.13. The lowest BCUT2D eigenvalue weighted by Crippen LogP contribution is -1.99. The van der Waals surface area contributed by atoms with Gasteiger partial charge in [0.25, 0.3) is 0 Å². The zero-order valence-electron chi connectivity index (χ0n) is 10.8. The van der Waals surface area contributed by atoms with Gasteiger partial charge in [0.2, 0.25) is 5.13 Å². The minimum Gasteiger partial charge on any atom is -0.492 e. The largest absolute Gasteiger partial charge is 0.492 e. The van der Waals surface area contributed by atoms with Crippen molar-refractivity contribution in [1.29, 1.82) is 0 Å². The number of anilines is 1. The zero-order valence-corrected chi connectivity index (χ0v) is 11.6. The van der Waals surface area contributed by atoms with Crippen LogP contribution in [0.3, 0.4) is 0 Å². The monoisotopic (exact) mass is 277 g/mol. The van der Waals surface area contributed by atoms with Crippen molar-refractivity contribution in [3.63, 3.8) is 0 Å². The number of methoxy groups -OCH3 is 1. The minimum atomic E-state index is 0.592. The summed E-state index contributed by atoms with van der Waals surface area (Å²) in [4.78, 5) is 4.07. The fourth-order valence-electron chi connectivity index (χ4n) is 1.56. The molecule has 1 aromatic carbocycles. The smallest absolute Gasteiger partial charge is 0.203 e. The first-order valence-corrected chi connectivity index (χ1v) is 6.71. The van der Waals surface area contributed by atoms with Crippen LogP contribution in [-0.4, -0.2) is 24.9 Å². The molecule has 0 saturated heterocycles. The van der Waals surface area contributed by atoms with Crippen molar-refractivity contribution in [3.8, 4) is 11.5 Å². The molecule has 0 aliphatic carbocycles. The van der Waals surface area contributed by atoms with E-state index in [0.717, 1.165) is 10.7 Å². The van der Waals surface area contributed by atoms with Crippen molar-refractivity contribution < 1.29 is 9.47 Å². The van der Waals surface area contributed by atoms with Gasteiger partial charge >= 0.3 is 0 Å². The second-order valence-corrected chi connectivity index (χ2v) is 4.41. The van der Waals surface area contributed by atoms with Crippen molar-refractivity contribution in [2.75, 3.05) is 19.1 Å². The molecule has 0 saturated carbocycles. The van der Waals surface area contributed by atoms with Crippen molar-refractivity contribution >= 4 is 22.7 Å². The van der Waals surface area contributed by atoms with Gasteiger partial charge in [0.1, 0.15) is 0 Å². The van der Waals surface area contributed by atoms with Gasteiger partial charge in [0.05, 0.1) is 19.9 Å². The molecule has 1 heterocycles. The molecule has 1 N–H and O–H groups in total. The Morgan fingerprint density at radius 2 is 2.37 bits per heavy atom. The van der Waals surface area contributed by atoms with E-state index in [1.54, 1.807) is 19.5 Å². The first-order valence-electron chi connectivity index (χ1n) is 5.83. The molecule has 100 valence electrons. The number of nitrogens with one attached hydrogen (secondary N) is 1. The van der Waals surface area contributed by atoms with Crippen LogP contribution >= 0.6 is 11.3 Å². The van der Waals surface area contributed by atoms with E-state index in [2.05, 4.69) is 15.5 Å². The quantitative estimate of drug-likeness (QED) is 0.651. The van der Waals surface area contributed by atoms with E-state index < -0.39 is 0 Å². The maximum Gasteiger partial charge on any atom is 0.203 e. The van der Waals surface area contributed by atoms with Gasteiger partial charge in [-0.2, -0.15) is 5.10 Å². The average Bonchev–Trinajstić information content (AvgIpc) is 2.93. The molecule has 1 aromatic heterocycles. The number of hydrogen-bond donors (Lipinski definition) is 1. The van der Waals surface area contributed by atoms with Gasteiger partial charge in [-0.25, -0.2) is 4.98 Å². The Bertz CT molecular complexity index is 541. The van der Waals surface area contributed by atoms with Crippen molar-refractivity contribution in [2.45, 2.75) is 6.92 Å². The SMILES string of the molecule is CCOc1cccc(/C=N\Nc2nccs2)c1OC. The van der Waals surface area contributed by atoms with E-state index >= 15 is 0 Å². The van der Waals surface area contributed by atoms with E-state index in [9.17, 15) is 0 Å². The molecule has 2 rings (SSSR count). The highest BCUT2D eigenvalue weighted by Crippen LogP contribution is 2.29. The van der Waals surface area contributed by atoms with Crippen molar-refractivity contribution in [2.24, 2.45) is 5.10 Å². The van der Waals surface area contributed by atoms with Crippen LogP contribution in [0.2, 0.25) is 0 Å². The van der Waals surface area contributed by atoms with Gasteiger partial charge in [-0.3, -0.25) is 5.43 Å². The molecule has 5 nitrogen and oxygen atoms in total. The number of nitrogens with zero attached hydrogens (tertiary/aromatic N) is 2. The molecule has 0 unspecified atom stereocenters. The van der Waals surface area contributed by atoms with Crippen molar-refractivity contribution in [3.05, 3.63) is 35.3 Å². The second kappa shape index (κ2) is 6.75. The van der Waals surface area contributed by atoms with Crippen LogP contribution in [-0.2, 0) is 0 Å². The summed E-state index contributed by atoms with van der Waals surface area (Å²) in [6.45, 7) is 2.53. The van der Waals surface area contributed by atoms with Crippen LogP contribution in [0.5, 0.6) is 11.5 Å². The lowest BCUT2D eigenvalue weighted by molar-refractivity contribution is 0.311. The molecule has 19 heavy (non-hydrogen) atoms. The average molecular weight is 277 g/mol. The fraction of sp³-hybridized carbons (Fsp3) is 0.231. The predicted molar refractivity (Wildman–Crippen MR) is 77.5 cm³/mol. The van der Waals surface area contributed by atoms with Crippen LogP contribution in [0.15, 0.2) is 34.9 Å². The third kappa shape index (κ3) is 3.45. The normalized spacial score (nSPS) is 10.6. The van der Waals surface area contributed by atoms with Gasteiger partial charge in [-0.1, -0.05) is 6.07 Å². The molecule has 0 fully saturated rings. The minimum absolute atomic E-state index is 0.592. The third-order valence-corrected chi connectivity index (χ3v) is 2.99. The fourth-order valence-corrected chi connectivity index (χ4v) is 2.04. The molecule has 0 bridgehead atoms. The Labute approximate surface area is 115 Å². The van der Waals surface area contributed by atoms with Crippen LogP contribution in [0.1, 0.15) is 12.5 Å². The number of benzene rings is 1. The van der Waals surface area contributed by atoms with Gasteiger partial charge in [-0.05, 0) is 19.1 Å². The summed E-state index contributed by atoms with van der Waals surface area (Å²) in [7, 11) is 1.61. The van der Waals surface area contributed by atoms with Crippen LogP contribution in [0, 0.1) is 0 Å². The molecule has 0 radical (unpaired) electrons. The molecule has 0 amide bonds.